The molecule has 0 bridgehead atoms. The second-order valence-electron chi connectivity index (χ2n) is 7.41. The minimum absolute atomic E-state index is 0.413. The van der Waals surface area contributed by atoms with Gasteiger partial charge >= 0.3 is 0 Å². The first-order valence-corrected chi connectivity index (χ1v) is 9.56. The van der Waals surface area contributed by atoms with E-state index in [0.717, 1.165) is 16.7 Å². The smallest absolute Gasteiger partial charge is 0.184 e. The Morgan fingerprint density at radius 3 is 1.43 bits per heavy atom. The Kier molecular flexibility index (Phi) is 4.29. The summed E-state index contributed by atoms with van der Waals surface area (Å²) in [5, 5.41) is 21.6. The van der Waals surface area contributed by atoms with Crippen molar-refractivity contribution in [2.75, 3.05) is 0 Å². The van der Waals surface area contributed by atoms with Gasteiger partial charge in [0.25, 0.3) is 0 Å². The Labute approximate surface area is 164 Å². The minimum atomic E-state index is -1.06. The summed E-state index contributed by atoms with van der Waals surface area (Å²) in [7, 11) is 0. The van der Waals surface area contributed by atoms with Crippen molar-refractivity contribution in [3.63, 3.8) is 0 Å². The normalized spacial score (nSPS) is 29.1. The standard InChI is InChI=1S/C24H22O4/c25-19-20-21(27-20)23(26)28-22(19)24(16-10-4-1-5-11-16,17-12-6-2-7-13-17)18-14-8-3-9-15-18/h1-15,19-23,25-26H/t19-,20+,21-,22?,23-/m0/s1. The minimum Gasteiger partial charge on any atom is -0.388 e. The molecule has 0 radical (unpaired) electrons. The Hall–Kier alpha value is -2.50. The van der Waals surface area contributed by atoms with Crippen molar-refractivity contribution in [3.05, 3.63) is 108 Å². The zero-order valence-electron chi connectivity index (χ0n) is 15.3. The molecule has 3 aromatic carbocycles. The molecule has 5 rings (SSSR count). The molecule has 2 N–H and O–H groups in total. The maximum Gasteiger partial charge on any atom is 0.184 e. The highest BCUT2D eigenvalue weighted by Gasteiger charge is 2.62. The molecule has 2 fully saturated rings. The summed E-state index contributed by atoms with van der Waals surface area (Å²) in [4.78, 5) is 0. The van der Waals surface area contributed by atoms with Gasteiger partial charge in [0.1, 0.15) is 24.4 Å². The third-order valence-corrected chi connectivity index (χ3v) is 5.89. The molecule has 0 saturated carbocycles. The first-order chi connectivity index (χ1) is 13.7. The summed E-state index contributed by atoms with van der Waals surface area (Å²) in [5.74, 6) is 0. The molecule has 0 aromatic heterocycles. The number of hydrogen-bond donors (Lipinski definition) is 2. The van der Waals surface area contributed by atoms with E-state index in [1.807, 2.05) is 91.0 Å². The van der Waals surface area contributed by atoms with E-state index in [9.17, 15) is 10.2 Å². The van der Waals surface area contributed by atoms with Gasteiger partial charge in [-0.25, -0.2) is 0 Å². The molecule has 2 saturated heterocycles. The highest BCUT2D eigenvalue weighted by molar-refractivity contribution is 5.52. The van der Waals surface area contributed by atoms with Crippen LogP contribution in [0.25, 0.3) is 0 Å². The summed E-state index contributed by atoms with van der Waals surface area (Å²) < 4.78 is 11.6. The number of aliphatic hydroxyl groups excluding tert-OH is 2. The van der Waals surface area contributed by atoms with Gasteiger partial charge in [-0.05, 0) is 16.7 Å². The summed E-state index contributed by atoms with van der Waals surface area (Å²) in [6, 6.07) is 30.1. The number of aliphatic hydroxyl groups is 2. The molecule has 142 valence electrons. The van der Waals surface area contributed by atoms with Crippen molar-refractivity contribution in [2.24, 2.45) is 0 Å². The molecule has 2 heterocycles. The van der Waals surface area contributed by atoms with E-state index in [2.05, 4.69) is 0 Å². The largest absolute Gasteiger partial charge is 0.388 e. The van der Waals surface area contributed by atoms with Crippen LogP contribution in [0.4, 0.5) is 0 Å². The molecular formula is C24H22O4. The number of epoxide rings is 1. The highest BCUT2D eigenvalue weighted by atomic mass is 16.7. The lowest BCUT2D eigenvalue weighted by Crippen LogP contribution is -2.56. The predicted octanol–water partition coefficient (Wildman–Crippen LogP) is 2.87. The van der Waals surface area contributed by atoms with Gasteiger partial charge in [-0.2, -0.15) is 0 Å². The van der Waals surface area contributed by atoms with E-state index in [0.29, 0.717) is 0 Å². The molecular weight excluding hydrogens is 352 g/mol. The van der Waals surface area contributed by atoms with Crippen LogP contribution in [0.3, 0.4) is 0 Å². The van der Waals surface area contributed by atoms with Crippen molar-refractivity contribution in [1.29, 1.82) is 0 Å². The molecule has 0 amide bonds. The van der Waals surface area contributed by atoms with Crippen molar-refractivity contribution in [3.8, 4) is 0 Å². The highest BCUT2D eigenvalue weighted by Crippen LogP contribution is 2.49. The number of rotatable bonds is 4. The molecule has 5 atom stereocenters. The summed E-state index contributed by atoms with van der Waals surface area (Å²) in [6.45, 7) is 0. The SMILES string of the molecule is O[C@@H]1C(C(c2ccccc2)(c2ccccc2)c2ccccc2)O[C@H](O)[C@H]2O[C@@H]21. The van der Waals surface area contributed by atoms with Crippen LogP contribution in [-0.2, 0) is 14.9 Å². The Bertz CT molecular complexity index is 832. The van der Waals surface area contributed by atoms with Crippen LogP contribution in [0.15, 0.2) is 91.0 Å². The van der Waals surface area contributed by atoms with Gasteiger partial charge in [-0.1, -0.05) is 91.0 Å². The molecule has 2 aliphatic rings. The van der Waals surface area contributed by atoms with Gasteiger partial charge in [0.05, 0.1) is 5.41 Å². The van der Waals surface area contributed by atoms with Gasteiger partial charge in [0.2, 0.25) is 0 Å². The lowest BCUT2D eigenvalue weighted by atomic mass is 9.63. The van der Waals surface area contributed by atoms with Crippen LogP contribution in [0.1, 0.15) is 16.7 Å². The lowest BCUT2D eigenvalue weighted by Gasteiger charge is -2.45. The zero-order chi connectivity index (χ0) is 19.1. The Balaban J connectivity index is 1.80. The van der Waals surface area contributed by atoms with Gasteiger partial charge < -0.3 is 19.7 Å². The van der Waals surface area contributed by atoms with Crippen molar-refractivity contribution in [2.45, 2.75) is 36.1 Å². The van der Waals surface area contributed by atoms with Gasteiger partial charge in [0.15, 0.2) is 6.29 Å². The number of fused-ring (bicyclic) bond motifs is 1. The summed E-state index contributed by atoms with van der Waals surface area (Å²) in [6.07, 6.45) is -3.50. The average Bonchev–Trinajstić information content (AvgIpc) is 3.57. The van der Waals surface area contributed by atoms with Crippen LogP contribution in [-0.4, -0.2) is 40.9 Å². The second-order valence-corrected chi connectivity index (χ2v) is 7.41. The third-order valence-electron chi connectivity index (χ3n) is 5.89. The van der Waals surface area contributed by atoms with Crippen LogP contribution >= 0.6 is 0 Å². The maximum absolute atomic E-state index is 11.2. The van der Waals surface area contributed by atoms with Crippen LogP contribution < -0.4 is 0 Å². The van der Waals surface area contributed by atoms with E-state index in [1.165, 1.54) is 0 Å². The predicted molar refractivity (Wildman–Crippen MR) is 105 cm³/mol. The Morgan fingerprint density at radius 1 is 0.571 bits per heavy atom. The van der Waals surface area contributed by atoms with Gasteiger partial charge in [0, 0.05) is 0 Å². The van der Waals surface area contributed by atoms with E-state index < -0.39 is 36.1 Å². The van der Waals surface area contributed by atoms with E-state index in [4.69, 9.17) is 9.47 Å². The van der Waals surface area contributed by atoms with Crippen molar-refractivity contribution in [1.82, 2.24) is 0 Å². The van der Waals surface area contributed by atoms with Crippen LogP contribution in [0.2, 0.25) is 0 Å². The number of benzene rings is 3. The Morgan fingerprint density at radius 2 is 1.00 bits per heavy atom. The molecule has 2 aliphatic heterocycles. The lowest BCUT2D eigenvalue weighted by molar-refractivity contribution is -0.197. The number of ether oxygens (including phenoxy) is 2. The quantitative estimate of drug-likeness (QED) is 0.545. The van der Waals surface area contributed by atoms with Crippen LogP contribution in [0.5, 0.6) is 0 Å². The monoisotopic (exact) mass is 374 g/mol. The molecule has 0 aliphatic carbocycles. The average molecular weight is 374 g/mol. The van der Waals surface area contributed by atoms with Crippen LogP contribution in [0, 0.1) is 0 Å². The first-order valence-electron chi connectivity index (χ1n) is 9.56. The van der Waals surface area contributed by atoms with E-state index in [1.54, 1.807) is 0 Å². The first kappa shape index (κ1) is 17.6. The van der Waals surface area contributed by atoms with Gasteiger partial charge in [-0.3, -0.25) is 0 Å². The van der Waals surface area contributed by atoms with E-state index >= 15 is 0 Å². The summed E-state index contributed by atoms with van der Waals surface area (Å²) in [5.41, 5.74) is 2.16. The molecule has 28 heavy (non-hydrogen) atoms. The third kappa shape index (κ3) is 2.61. The fourth-order valence-corrected chi connectivity index (χ4v) is 4.57. The molecule has 3 aromatic rings. The second kappa shape index (κ2) is 6.83. The molecule has 1 unspecified atom stereocenters. The fraction of sp³-hybridized carbons (Fsp3) is 0.250. The maximum atomic E-state index is 11.2. The zero-order valence-corrected chi connectivity index (χ0v) is 15.3. The van der Waals surface area contributed by atoms with Crippen molar-refractivity contribution < 1.29 is 19.7 Å². The fourth-order valence-electron chi connectivity index (χ4n) is 4.57. The van der Waals surface area contributed by atoms with Crippen molar-refractivity contribution >= 4 is 0 Å². The van der Waals surface area contributed by atoms with Gasteiger partial charge in [-0.15, -0.1) is 0 Å². The topological polar surface area (TPSA) is 62.2 Å². The van der Waals surface area contributed by atoms with E-state index in [-0.39, 0.29) is 0 Å². The molecule has 4 nitrogen and oxygen atoms in total. The molecule has 4 heteroatoms. The molecule has 0 spiro atoms. The summed E-state index contributed by atoms with van der Waals surface area (Å²) >= 11 is 0. The number of hydrogen-bond acceptors (Lipinski definition) is 4.